The summed E-state index contributed by atoms with van der Waals surface area (Å²) in [6.45, 7) is 5.63. The van der Waals surface area contributed by atoms with Gasteiger partial charge in [-0.2, -0.15) is 0 Å². The van der Waals surface area contributed by atoms with Crippen LogP contribution in [0.25, 0.3) is 0 Å². The number of halogens is 1. The van der Waals surface area contributed by atoms with Gasteiger partial charge in [0, 0.05) is 38.1 Å². The molecule has 0 atom stereocenters. The van der Waals surface area contributed by atoms with Crippen LogP contribution in [-0.2, 0) is 29.4 Å². The van der Waals surface area contributed by atoms with Gasteiger partial charge in [0.2, 0.25) is 10.0 Å². The van der Waals surface area contributed by atoms with Crippen LogP contribution in [0, 0.1) is 5.92 Å². The summed E-state index contributed by atoms with van der Waals surface area (Å²) in [5.74, 6) is 1.34. The van der Waals surface area contributed by atoms with Gasteiger partial charge in [-0.25, -0.2) is 17.7 Å². The Kier molecular flexibility index (Phi) is 9.62. The highest BCUT2D eigenvalue weighted by molar-refractivity contribution is 14.0. The van der Waals surface area contributed by atoms with Crippen molar-refractivity contribution in [2.24, 2.45) is 10.9 Å². The van der Waals surface area contributed by atoms with Crippen LogP contribution < -0.4 is 5.32 Å². The standard InChI is InChI=1S/C19H33N5O2S2.HI/c1-4-20-19(21-13-15-9-11-24(12-10-15)28(3,25)26)23(2)14-18-22-16-7-5-6-8-17(16)27-18;/h15H,4-14H2,1-3H3,(H,20,21);1H. The monoisotopic (exact) mass is 555 g/mol. The van der Waals surface area contributed by atoms with Gasteiger partial charge in [-0.05, 0) is 51.4 Å². The van der Waals surface area contributed by atoms with Crippen LogP contribution in [-0.4, -0.2) is 68.0 Å². The van der Waals surface area contributed by atoms with Gasteiger partial charge in [-0.15, -0.1) is 35.3 Å². The van der Waals surface area contributed by atoms with Gasteiger partial charge in [-0.3, -0.25) is 4.99 Å². The van der Waals surface area contributed by atoms with Crippen molar-refractivity contribution >= 4 is 51.3 Å². The van der Waals surface area contributed by atoms with Crippen molar-refractivity contribution in [3.05, 3.63) is 15.6 Å². The van der Waals surface area contributed by atoms with E-state index in [4.69, 9.17) is 9.98 Å². The van der Waals surface area contributed by atoms with Crippen LogP contribution in [0.5, 0.6) is 0 Å². The number of rotatable bonds is 6. The summed E-state index contributed by atoms with van der Waals surface area (Å²) < 4.78 is 24.9. The molecule has 10 heteroatoms. The second-order valence-electron chi connectivity index (χ2n) is 7.84. The summed E-state index contributed by atoms with van der Waals surface area (Å²) >= 11 is 1.85. The second-order valence-corrected chi connectivity index (χ2v) is 11.0. The molecule has 1 N–H and O–H groups in total. The fraction of sp³-hybridized carbons (Fsp3) is 0.789. The second kappa shape index (κ2) is 11.2. The molecule has 0 amide bonds. The van der Waals surface area contributed by atoms with Crippen molar-refractivity contribution in [2.75, 3.05) is 39.5 Å². The number of aliphatic imine (C=N–C) groups is 1. The molecule has 166 valence electrons. The van der Waals surface area contributed by atoms with Crippen LogP contribution in [0.3, 0.4) is 0 Å². The lowest BCUT2D eigenvalue weighted by atomic mass is 9.98. The van der Waals surface area contributed by atoms with E-state index in [1.54, 1.807) is 4.31 Å². The molecule has 0 spiro atoms. The van der Waals surface area contributed by atoms with Crippen molar-refractivity contribution in [1.29, 1.82) is 0 Å². The van der Waals surface area contributed by atoms with Gasteiger partial charge >= 0.3 is 0 Å². The molecule has 1 aromatic heterocycles. The molecule has 1 aromatic rings. The summed E-state index contributed by atoms with van der Waals surface area (Å²) in [4.78, 5) is 13.3. The van der Waals surface area contributed by atoms with Gasteiger partial charge < -0.3 is 10.2 Å². The molecular formula is C19H34IN5O2S2. The average molecular weight is 556 g/mol. The largest absolute Gasteiger partial charge is 0.357 e. The Bertz CT molecular complexity index is 765. The predicted octanol–water partition coefficient (Wildman–Crippen LogP) is 2.71. The molecule has 1 aliphatic heterocycles. The minimum Gasteiger partial charge on any atom is -0.357 e. The summed E-state index contributed by atoms with van der Waals surface area (Å²) in [5.41, 5.74) is 1.30. The fourth-order valence-electron chi connectivity index (χ4n) is 3.86. The maximum Gasteiger partial charge on any atom is 0.211 e. The number of hydrogen-bond acceptors (Lipinski definition) is 5. The first kappa shape index (κ1) is 24.8. The topological polar surface area (TPSA) is 77.9 Å². The minimum atomic E-state index is -3.07. The number of sulfonamides is 1. The summed E-state index contributed by atoms with van der Waals surface area (Å²) in [7, 11) is -1.00. The first-order valence-corrected chi connectivity index (χ1v) is 12.9. The first-order chi connectivity index (χ1) is 13.4. The smallest absolute Gasteiger partial charge is 0.211 e. The molecule has 1 saturated heterocycles. The third-order valence-corrected chi connectivity index (χ3v) is 7.95. The van der Waals surface area contributed by atoms with Crippen molar-refractivity contribution in [2.45, 2.75) is 52.0 Å². The Balaban J connectivity index is 0.00000300. The molecule has 0 unspecified atom stereocenters. The number of guanidine groups is 1. The lowest BCUT2D eigenvalue weighted by Crippen LogP contribution is -2.40. The van der Waals surface area contributed by atoms with Crippen LogP contribution in [0.4, 0.5) is 0 Å². The van der Waals surface area contributed by atoms with Crippen molar-refractivity contribution in [1.82, 2.24) is 19.5 Å². The van der Waals surface area contributed by atoms with Crippen LogP contribution in [0.1, 0.15) is 48.2 Å². The number of nitrogens with one attached hydrogen (secondary N) is 1. The molecule has 2 aliphatic rings. The van der Waals surface area contributed by atoms with Gasteiger partial charge in [0.15, 0.2) is 5.96 Å². The van der Waals surface area contributed by atoms with E-state index in [2.05, 4.69) is 24.2 Å². The quantitative estimate of drug-likeness (QED) is 0.332. The number of aromatic nitrogens is 1. The number of hydrogen-bond donors (Lipinski definition) is 1. The number of aryl methyl sites for hydroxylation is 2. The number of piperidine rings is 1. The van der Waals surface area contributed by atoms with Crippen LogP contribution >= 0.6 is 35.3 Å². The minimum absolute atomic E-state index is 0. The zero-order valence-corrected chi connectivity index (χ0v) is 21.6. The Labute approximate surface area is 196 Å². The zero-order valence-electron chi connectivity index (χ0n) is 17.7. The lowest BCUT2D eigenvalue weighted by Gasteiger charge is -2.29. The SMILES string of the molecule is CCNC(=NCC1CCN(S(C)(=O)=O)CC1)N(C)Cc1nc2c(s1)CCCC2.I. The molecule has 0 bridgehead atoms. The molecule has 0 aromatic carbocycles. The molecule has 7 nitrogen and oxygen atoms in total. The third kappa shape index (κ3) is 7.03. The molecule has 1 fully saturated rings. The summed E-state index contributed by atoms with van der Waals surface area (Å²) in [6.07, 6.45) is 7.88. The molecular weight excluding hydrogens is 521 g/mol. The summed E-state index contributed by atoms with van der Waals surface area (Å²) in [6, 6.07) is 0. The zero-order chi connectivity index (χ0) is 20.1. The Morgan fingerprint density at radius 2 is 2.00 bits per heavy atom. The average Bonchev–Trinajstić information content (AvgIpc) is 3.07. The van der Waals surface area contributed by atoms with Crippen molar-refractivity contribution < 1.29 is 8.42 Å². The van der Waals surface area contributed by atoms with E-state index >= 15 is 0 Å². The van der Waals surface area contributed by atoms with Crippen LogP contribution in [0.15, 0.2) is 4.99 Å². The highest BCUT2D eigenvalue weighted by Gasteiger charge is 2.25. The number of nitrogens with zero attached hydrogens (tertiary/aromatic N) is 4. The Morgan fingerprint density at radius 3 is 2.62 bits per heavy atom. The maximum atomic E-state index is 11.7. The van der Waals surface area contributed by atoms with E-state index in [0.29, 0.717) is 19.0 Å². The van der Waals surface area contributed by atoms with Crippen molar-refractivity contribution in [3.8, 4) is 0 Å². The molecule has 1 aliphatic carbocycles. The van der Waals surface area contributed by atoms with Crippen LogP contribution in [0.2, 0.25) is 0 Å². The van der Waals surface area contributed by atoms with E-state index in [-0.39, 0.29) is 24.0 Å². The molecule has 0 saturated carbocycles. The number of thiazole rings is 1. The number of fused-ring (bicyclic) bond motifs is 1. The maximum absolute atomic E-state index is 11.7. The molecule has 3 rings (SSSR count). The predicted molar refractivity (Wildman–Crippen MR) is 131 cm³/mol. The Morgan fingerprint density at radius 1 is 1.31 bits per heavy atom. The highest BCUT2D eigenvalue weighted by Crippen LogP contribution is 2.27. The van der Waals surface area contributed by atoms with Gasteiger partial charge in [0.05, 0.1) is 18.5 Å². The summed E-state index contributed by atoms with van der Waals surface area (Å²) in [5, 5.41) is 4.55. The first-order valence-electron chi connectivity index (χ1n) is 10.3. The fourth-order valence-corrected chi connectivity index (χ4v) is 5.94. The van der Waals surface area contributed by atoms with Crippen molar-refractivity contribution in [3.63, 3.8) is 0 Å². The van der Waals surface area contributed by atoms with E-state index in [1.165, 1.54) is 41.1 Å². The highest BCUT2D eigenvalue weighted by atomic mass is 127. The van der Waals surface area contributed by atoms with E-state index in [1.807, 2.05) is 11.3 Å². The third-order valence-electron chi connectivity index (χ3n) is 5.50. The Hall–Kier alpha value is -0.460. The molecule has 29 heavy (non-hydrogen) atoms. The van der Waals surface area contributed by atoms with E-state index in [9.17, 15) is 8.42 Å². The van der Waals surface area contributed by atoms with E-state index in [0.717, 1.165) is 44.9 Å². The molecule has 0 radical (unpaired) electrons. The van der Waals surface area contributed by atoms with Gasteiger partial charge in [-0.1, -0.05) is 0 Å². The van der Waals surface area contributed by atoms with E-state index < -0.39 is 10.0 Å². The van der Waals surface area contributed by atoms with Gasteiger partial charge in [0.25, 0.3) is 0 Å². The van der Waals surface area contributed by atoms with Gasteiger partial charge in [0.1, 0.15) is 5.01 Å². The molecule has 2 heterocycles. The lowest BCUT2D eigenvalue weighted by molar-refractivity contribution is 0.279. The normalized spacial score (nSPS) is 18.8.